The molecule has 0 spiro atoms. The number of hydrogen-bond donors (Lipinski definition) is 1. The maximum atomic E-state index is 12.2. The number of nitrogens with zero attached hydrogens (tertiary/aromatic N) is 1. The minimum absolute atomic E-state index is 0.0258. The average molecular weight is 420 g/mol. The first kappa shape index (κ1) is 23.6. The van der Waals surface area contributed by atoms with E-state index in [9.17, 15) is 9.59 Å². The van der Waals surface area contributed by atoms with Gasteiger partial charge in [0, 0.05) is 13.5 Å². The third kappa shape index (κ3) is 5.59. The van der Waals surface area contributed by atoms with Crippen LogP contribution in [0.5, 0.6) is 0 Å². The molecule has 0 bridgehead atoms. The second-order valence-electron chi connectivity index (χ2n) is 11.2. The third-order valence-corrected chi connectivity index (χ3v) is 9.29. The molecule has 30 heavy (non-hydrogen) atoms. The number of fused-ring (bicyclic) bond motifs is 3. The van der Waals surface area contributed by atoms with Gasteiger partial charge in [0.15, 0.2) is 0 Å². The predicted molar refractivity (Wildman–Crippen MR) is 121 cm³/mol. The Morgan fingerprint density at radius 3 is 2.53 bits per heavy atom. The summed E-state index contributed by atoms with van der Waals surface area (Å²) in [6.07, 6.45) is 18.1. The van der Waals surface area contributed by atoms with Crippen LogP contribution in [0, 0.1) is 35.0 Å². The van der Waals surface area contributed by atoms with Gasteiger partial charge in [-0.15, -0.1) is 0 Å². The first-order valence-electron chi connectivity index (χ1n) is 12.8. The van der Waals surface area contributed by atoms with Crippen molar-refractivity contribution < 1.29 is 14.7 Å². The molecule has 3 fully saturated rings. The summed E-state index contributed by atoms with van der Waals surface area (Å²) in [6.45, 7) is 4.85. The van der Waals surface area contributed by atoms with Gasteiger partial charge in [0.2, 0.25) is 5.91 Å². The molecule has 3 aliphatic carbocycles. The maximum absolute atomic E-state index is 12.2. The van der Waals surface area contributed by atoms with Crippen LogP contribution in [0.15, 0.2) is 0 Å². The highest BCUT2D eigenvalue weighted by atomic mass is 16.4. The second kappa shape index (κ2) is 10.5. The lowest BCUT2D eigenvalue weighted by Crippen LogP contribution is -2.41. The maximum Gasteiger partial charge on any atom is 0.323 e. The summed E-state index contributed by atoms with van der Waals surface area (Å²) in [5.41, 5.74) is 0.463. The number of carboxylic acids is 1. The van der Waals surface area contributed by atoms with Crippen molar-refractivity contribution in [1.29, 1.82) is 0 Å². The van der Waals surface area contributed by atoms with Crippen LogP contribution in [-0.2, 0) is 9.59 Å². The lowest BCUT2D eigenvalue weighted by Gasteiger charge is -2.49. The van der Waals surface area contributed by atoms with E-state index < -0.39 is 5.97 Å². The average Bonchev–Trinajstić information content (AvgIpc) is 3.02. The van der Waals surface area contributed by atoms with Crippen LogP contribution in [-0.4, -0.2) is 35.5 Å². The van der Waals surface area contributed by atoms with Gasteiger partial charge in [-0.25, -0.2) is 0 Å². The highest BCUT2D eigenvalue weighted by Crippen LogP contribution is 2.61. The zero-order valence-electron chi connectivity index (χ0n) is 19.7. The van der Waals surface area contributed by atoms with Gasteiger partial charge in [-0.05, 0) is 80.0 Å². The minimum Gasteiger partial charge on any atom is -0.480 e. The number of amides is 1. The molecule has 3 saturated carbocycles. The number of hydrogen-bond acceptors (Lipinski definition) is 2. The van der Waals surface area contributed by atoms with E-state index >= 15 is 0 Å². The van der Waals surface area contributed by atoms with Crippen LogP contribution in [0.25, 0.3) is 0 Å². The van der Waals surface area contributed by atoms with Crippen LogP contribution < -0.4 is 0 Å². The van der Waals surface area contributed by atoms with Gasteiger partial charge in [0.05, 0.1) is 0 Å². The Kier molecular flexibility index (Phi) is 8.26. The fraction of sp³-hybridized carbons (Fsp3) is 0.923. The number of carbonyl (C=O) groups excluding carboxylic acids is 1. The highest BCUT2D eigenvalue weighted by molar-refractivity contribution is 5.80. The molecule has 0 aromatic rings. The number of carboxylic acid groups (broad SMARTS) is 1. The van der Waals surface area contributed by atoms with Gasteiger partial charge in [-0.3, -0.25) is 9.59 Å². The molecule has 0 aromatic carbocycles. The van der Waals surface area contributed by atoms with Crippen LogP contribution in [0.3, 0.4) is 0 Å². The Morgan fingerprint density at radius 2 is 1.77 bits per heavy atom. The van der Waals surface area contributed by atoms with Crippen molar-refractivity contribution >= 4 is 11.9 Å². The summed E-state index contributed by atoms with van der Waals surface area (Å²) < 4.78 is 0. The Balaban J connectivity index is 1.56. The van der Waals surface area contributed by atoms with Crippen molar-refractivity contribution in [2.45, 2.75) is 104 Å². The van der Waals surface area contributed by atoms with E-state index in [1.165, 1.54) is 75.5 Å². The molecule has 3 rings (SSSR count). The molecule has 1 N–H and O–H groups in total. The third-order valence-electron chi connectivity index (χ3n) is 9.29. The quantitative estimate of drug-likeness (QED) is 0.562. The molecule has 6 unspecified atom stereocenters. The fourth-order valence-electron chi connectivity index (χ4n) is 7.42. The molecule has 0 heterocycles. The van der Waals surface area contributed by atoms with Crippen molar-refractivity contribution in [1.82, 2.24) is 4.90 Å². The number of likely N-dealkylation sites (N-methyl/N-ethyl adjacent to an activating group) is 1. The van der Waals surface area contributed by atoms with Gasteiger partial charge in [-0.2, -0.15) is 0 Å². The Labute approximate surface area is 184 Å². The molecule has 0 saturated heterocycles. The van der Waals surface area contributed by atoms with E-state index in [0.29, 0.717) is 11.8 Å². The van der Waals surface area contributed by atoms with Crippen LogP contribution in [0.1, 0.15) is 104 Å². The van der Waals surface area contributed by atoms with Crippen LogP contribution >= 0.6 is 0 Å². The summed E-state index contributed by atoms with van der Waals surface area (Å²) in [5, 5.41) is 8.88. The normalized spacial score (nSPS) is 37.1. The molecular formula is C26H45NO3. The zero-order valence-corrected chi connectivity index (χ0v) is 19.7. The summed E-state index contributed by atoms with van der Waals surface area (Å²) in [5.74, 6) is 3.45. The van der Waals surface area contributed by atoms with Crippen molar-refractivity contribution in [3.05, 3.63) is 0 Å². The van der Waals surface area contributed by atoms with Gasteiger partial charge in [-0.1, -0.05) is 52.4 Å². The predicted octanol–water partition coefficient (Wildman–Crippen LogP) is 6.14. The van der Waals surface area contributed by atoms with Crippen molar-refractivity contribution in [3.63, 3.8) is 0 Å². The molecule has 0 aromatic heterocycles. The van der Waals surface area contributed by atoms with E-state index in [2.05, 4.69) is 13.8 Å². The Morgan fingerprint density at radius 1 is 1.00 bits per heavy atom. The molecule has 0 aliphatic heterocycles. The zero-order chi connectivity index (χ0) is 21.7. The second-order valence-corrected chi connectivity index (χ2v) is 11.2. The van der Waals surface area contributed by atoms with Crippen molar-refractivity contribution in [3.8, 4) is 0 Å². The van der Waals surface area contributed by atoms with Crippen LogP contribution in [0.2, 0.25) is 0 Å². The molecule has 172 valence electrons. The SMILES string of the molecule is CC1CCCCCC2CCC3(C)C(CCCC(=O)N(C)CC(=O)O)CCC3C2CC1. The number of carbonyl (C=O) groups is 2. The topological polar surface area (TPSA) is 57.6 Å². The van der Waals surface area contributed by atoms with Gasteiger partial charge < -0.3 is 10.0 Å². The summed E-state index contributed by atoms with van der Waals surface area (Å²) in [7, 11) is 1.60. The lowest BCUT2D eigenvalue weighted by molar-refractivity contribution is -0.143. The minimum atomic E-state index is -0.936. The van der Waals surface area contributed by atoms with E-state index in [0.717, 1.165) is 42.4 Å². The van der Waals surface area contributed by atoms with Gasteiger partial charge in [0.25, 0.3) is 0 Å². The summed E-state index contributed by atoms with van der Waals surface area (Å²) in [6, 6.07) is 0. The fourth-order valence-corrected chi connectivity index (χ4v) is 7.42. The van der Waals surface area contributed by atoms with E-state index in [1.807, 2.05) is 0 Å². The van der Waals surface area contributed by atoms with Crippen molar-refractivity contribution in [2.75, 3.05) is 13.6 Å². The lowest BCUT2D eigenvalue weighted by atomic mass is 9.55. The number of aliphatic carboxylic acids is 1. The van der Waals surface area contributed by atoms with Crippen LogP contribution in [0.4, 0.5) is 0 Å². The first-order chi connectivity index (χ1) is 14.3. The van der Waals surface area contributed by atoms with E-state index in [4.69, 9.17) is 5.11 Å². The van der Waals surface area contributed by atoms with Gasteiger partial charge >= 0.3 is 5.97 Å². The van der Waals surface area contributed by atoms with Gasteiger partial charge in [0.1, 0.15) is 6.54 Å². The molecule has 0 radical (unpaired) electrons. The molecule has 4 heteroatoms. The summed E-state index contributed by atoms with van der Waals surface area (Å²) >= 11 is 0. The number of rotatable bonds is 6. The molecule has 6 atom stereocenters. The van der Waals surface area contributed by atoms with E-state index in [1.54, 1.807) is 7.05 Å². The molecule has 4 nitrogen and oxygen atoms in total. The highest BCUT2D eigenvalue weighted by Gasteiger charge is 2.52. The monoisotopic (exact) mass is 419 g/mol. The van der Waals surface area contributed by atoms with E-state index in [-0.39, 0.29) is 12.5 Å². The molecule has 1 amide bonds. The molecular weight excluding hydrogens is 374 g/mol. The van der Waals surface area contributed by atoms with Crippen molar-refractivity contribution in [2.24, 2.45) is 35.0 Å². The Hall–Kier alpha value is -1.06. The molecule has 3 aliphatic rings. The largest absolute Gasteiger partial charge is 0.480 e. The standard InChI is InChI=1S/C26H45NO3/c1-19-8-5-4-6-9-20-16-17-26(2)21(13-15-23(26)22(20)14-12-19)10-7-11-24(28)27(3)18-25(29)30/h19-23H,4-18H2,1-3H3,(H,29,30). The summed E-state index contributed by atoms with van der Waals surface area (Å²) in [4.78, 5) is 24.4. The Bertz CT molecular complexity index is 591. The smallest absolute Gasteiger partial charge is 0.323 e. The first-order valence-corrected chi connectivity index (χ1v) is 12.8.